The highest BCUT2D eigenvalue weighted by molar-refractivity contribution is 6.24. The summed E-state index contributed by atoms with van der Waals surface area (Å²) in [6.45, 7) is 2.47. The highest BCUT2D eigenvalue weighted by Gasteiger charge is 2.31. The van der Waals surface area contributed by atoms with Crippen LogP contribution in [0, 0.1) is 5.92 Å². The van der Waals surface area contributed by atoms with Gasteiger partial charge in [-0.1, -0.05) is 6.92 Å². The molecule has 12 heavy (non-hydrogen) atoms. The van der Waals surface area contributed by atoms with Crippen LogP contribution in [-0.2, 0) is 9.59 Å². The van der Waals surface area contributed by atoms with Gasteiger partial charge in [0.25, 0.3) is 0 Å². The normalized spacial score (nSPS) is 25.9. The van der Waals surface area contributed by atoms with E-state index in [1.165, 1.54) is 4.90 Å². The van der Waals surface area contributed by atoms with E-state index in [-0.39, 0.29) is 11.8 Å². The maximum absolute atomic E-state index is 11.2. The van der Waals surface area contributed by atoms with Crippen molar-refractivity contribution in [1.29, 1.82) is 0 Å². The fourth-order valence-electron chi connectivity index (χ4n) is 1.34. The average molecular weight is 166 g/mol. The number of hydrogen-bond acceptors (Lipinski definition) is 2. The number of hydrogen-bond donors (Lipinski definition) is 1. The van der Waals surface area contributed by atoms with Crippen molar-refractivity contribution in [1.82, 2.24) is 4.90 Å². The molecule has 0 aromatic heterocycles. The number of rotatable bonds is 2. The average Bonchev–Trinajstić information content (AvgIpc) is 2.28. The monoisotopic (exact) mass is 166 g/mol. The van der Waals surface area contributed by atoms with Gasteiger partial charge in [0.05, 0.1) is 5.94 Å². The summed E-state index contributed by atoms with van der Waals surface area (Å²) in [4.78, 5) is 23.1. The molecule has 1 saturated heterocycles. The summed E-state index contributed by atoms with van der Waals surface area (Å²) in [7, 11) is 5.40. The van der Waals surface area contributed by atoms with Crippen LogP contribution >= 0.6 is 0 Å². The summed E-state index contributed by atoms with van der Waals surface area (Å²) < 4.78 is 0. The van der Waals surface area contributed by atoms with Gasteiger partial charge in [0, 0.05) is 13.0 Å². The molecule has 2 atom stereocenters. The third-order valence-electron chi connectivity index (χ3n) is 1.98. The number of carbonyl (C=O) groups is 2. The molecule has 1 fully saturated rings. The van der Waals surface area contributed by atoms with Gasteiger partial charge in [0.1, 0.15) is 7.85 Å². The second kappa shape index (κ2) is 3.17. The van der Waals surface area contributed by atoms with E-state index in [4.69, 9.17) is 13.6 Å². The molecule has 1 aliphatic heterocycles. The molecular weight excluding hydrogens is 155 g/mol. The summed E-state index contributed by atoms with van der Waals surface area (Å²) >= 11 is 0. The molecule has 0 aromatic carbocycles. The summed E-state index contributed by atoms with van der Waals surface area (Å²) in [5, 5.41) is 0. The van der Waals surface area contributed by atoms with Crippen molar-refractivity contribution in [3.05, 3.63) is 0 Å². The van der Waals surface area contributed by atoms with Crippen molar-refractivity contribution in [3.63, 3.8) is 0 Å². The van der Waals surface area contributed by atoms with Gasteiger partial charge in [-0.05, 0) is 5.92 Å². The van der Waals surface area contributed by atoms with E-state index in [1.54, 1.807) is 0 Å². The molecule has 1 aliphatic rings. The Labute approximate surface area is 72.5 Å². The maximum Gasteiger partial charge on any atom is 0.230 e. The molecule has 2 N–H and O–H groups in total. The zero-order valence-electron chi connectivity index (χ0n) is 6.99. The largest absolute Gasteiger partial charge is 0.369 e. The first-order valence-corrected chi connectivity index (χ1v) is 3.86. The van der Waals surface area contributed by atoms with Gasteiger partial charge in [-0.2, -0.15) is 0 Å². The number of carbonyl (C=O) groups excluding carboxylic acids is 2. The first kappa shape index (κ1) is 9.10. The van der Waals surface area contributed by atoms with Crippen molar-refractivity contribution >= 4 is 19.7 Å². The third-order valence-corrected chi connectivity index (χ3v) is 1.98. The molecule has 0 saturated carbocycles. The minimum Gasteiger partial charge on any atom is -0.369 e. The van der Waals surface area contributed by atoms with Crippen molar-refractivity contribution in [2.45, 2.75) is 19.3 Å². The first-order valence-electron chi connectivity index (χ1n) is 3.86. The van der Waals surface area contributed by atoms with Crippen LogP contribution in [0.3, 0.4) is 0 Å². The Bertz CT molecular complexity index is 219. The van der Waals surface area contributed by atoms with Gasteiger partial charge >= 0.3 is 0 Å². The lowest BCUT2D eigenvalue weighted by atomic mass is 9.94. The molecule has 1 heterocycles. The van der Waals surface area contributed by atoms with E-state index in [2.05, 4.69) is 0 Å². The summed E-state index contributed by atoms with van der Waals surface area (Å²) in [5.41, 5.74) is 4.97. The van der Waals surface area contributed by atoms with Gasteiger partial charge < -0.3 is 10.6 Å². The fourth-order valence-corrected chi connectivity index (χ4v) is 1.34. The smallest absolute Gasteiger partial charge is 0.230 e. The Kier molecular flexibility index (Phi) is 2.40. The Balaban J connectivity index is 2.64. The van der Waals surface area contributed by atoms with Crippen molar-refractivity contribution in [3.8, 4) is 0 Å². The van der Waals surface area contributed by atoms with Crippen LogP contribution < -0.4 is 5.73 Å². The van der Waals surface area contributed by atoms with E-state index >= 15 is 0 Å². The van der Waals surface area contributed by atoms with E-state index in [0.29, 0.717) is 13.0 Å². The van der Waals surface area contributed by atoms with E-state index < -0.39 is 11.8 Å². The topological polar surface area (TPSA) is 63.4 Å². The van der Waals surface area contributed by atoms with Crippen molar-refractivity contribution in [2.24, 2.45) is 11.7 Å². The molecule has 2 amide bonds. The fraction of sp³-hybridized carbons (Fsp3) is 0.714. The first-order chi connectivity index (χ1) is 5.52. The number of nitrogens with zero attached hydrogens (tertiary/aromatic N) is 1. The number of amides is 2. The molecule has 5 heteroatoms. The van der Waals surface area contributed by atoms with E-state index in [9.17, 15) is 9.59 Å². The zero-order valence-corrected chi connectivity index (χ0v) is 6.99. The van der Waals surface area contributed by atoms with Crippen LogP contribution in [-0.4, -0.2) is 37.0 Å². The summed E-state index contributed by atoms with van der Waals surface area (Å²) in [6, 6.07) is 0. The number of nitrogens with two attached hydrogens (primary N) is 1. The molecule has 1 rings (SSSR count). The lowest BCUT2D eigenvalue weighted by Gasteiger charge is -2.21. The second-order valence-electron chi connectivity index (χ2n) is 3.20. The van der Waals surface area contributed by atoms with Gasteiger partial charge in [-0.15, -0.1) is 0 Å². The Morgan fingerprint density at radius 1 is 1.83 bits per heavy atom. The highest BCUT2D eigenvalue weighted by Crippen LogP contribution is 2.17. The number of likely N-dealkylation sites (tertiary alicyclic amines) is 1. The van der Waals surface area contributed by atoms with Crippen LogP contribution in [0.2, 0.25) is 0 Å². The zero-order chi connectivity index (χ0) is 9.30. The SMILES string of the molecule is [B][C@@H](C(N)=O)N1CC(C)CC1=O. The molecule has 0 spiro atoms. The molecule has 0 aliphatic carbocycles. The Morgan fingerprint density at radius 3 is 2.75 bits per heavy atom. The van der Waals surface area contributed by atoms with E-state index in [0.717, 1.165) is 0 Å². The van der Waals surface area contributed by atoms with Gasteiger partial charge in [0.2, 0.25) is 11.8 Å². The molecule has 1 unspecified atom stereocenters. The van der Waals surface area contributed by atoms with Gasteiger partial charge in [0.15, 0.2) is 0 Å². The van der Waals surface area contributed by atoms with Crippen LogP contribution in [0.5, 0.6) is 0 Å². The quantitative estimate of drug-likeness (QED) is 0.525. The summed E-state index contributed by atoms with van der Waals surface area (Å²) in [6.07, 6.45) is 0.459. The third kappa shape index (κ3) is 1.60. The van der Waals surface area contributed by atoms with Crippen LogP contribution in [0.15, 0.2) is 0 Å². The lowest BCUT2D eigenvalue weighted by Crippen LogP contribution is -2.45. The molecule has 0 bridgehead atoms. The van der Waals surface area contributed by atoms with Crippen LogP contribution in [0.4, 0.5) is 0 Å². The minimum atomic E-state index is -0.956. The predicted octanol–water partition coefficient (Wildman–Crippen LogP) is -1.17. The van der Waals surface area contributed by atoms with Gasteiger partial charge in [-0.3, -0.25) is 9.59 Å². The molecule has 64 valence electrons. The molecular formula is C7H11BN2O2. The lowest BCUT2D eigenvalue weighted by molar-refractivity contribution is -0.133. The predicted molar refractivity (Wildman–Crippen MR) is 44.2 cm³/mol. The highest BCUT2D eigenvalue weighted by atomic mass is 16.2. The Morgan fingerprint density at radius 2 is 2.42 bits per heavy atom. The van der Waals surface area contributed by atoms with Crippen LogP contribution in [0.1, 0.15) is 13.3 Å². The second-order valence-corrected chi connectivity index (χ2v) is 3.20. The standard InChI is InChI=1S/C7H11BN2O2/c1-4-2-5(11)10(3-4)6(8)7(9)12/h4,6H,2-3H2,1H3,(H2,9,12)/t4?,6-/m1/s1. The van der Waals surface area contributed by atoms with Crippen molar-refractivity contribution < 1.29 is 9.59 Å². The van der Waals surface area contributed by atoms with E-state index in [1.807, 2.05) is 6.92 Å². The molecule has 0 aromatic rings. The molecule has 2 radical (unpaired) electrons. The minimum absolute atomic E-state index is 0.0891. The molecule has 4 nitrogen and oxygen atoms in total. The van der Waals surface area contributed by atoms with Crippen molar-refractivity contribution in [2.75, 3.05) is 6.54 Å². The number of primary amides is 1. The van der Waals surface area contributed by atoms with Gasteiger partial charge in [-0.25, -0.2) is 0 Å². The van der Waals surface area contributed by atoms with Crippen LogP contribution in [0.25, 0.3) is 0 Å². The summed E-state index contributed by atoms with van der Waals surface area (Å²) in [5.74, 6) is -1.43. The Hall–Kier alpha value is -0.995. The maximum atomic E-state index is 11.2.